The van der Waals surface area contributed by atoms with Gasteiger partial charge in [-0.3, -0.25) is 19.5 Å². The molecule has 2 aliphatic rings. The predicted octanol–water partition coefficient (Wildman–Crippen LogP) is 1.10. The zero-order chi connectivity index (χ0) is 19.7. The maximum absolute atomic E-state index is 13.1. The van der Waals surface area contributed by atoms with Crippen LogP contribution in [-0.2, 0) is 14.8 Å². The molecule has 29 heavy (non-hydrogen) atoms. The van der Waals surface area contributed by atoms with Crippen molar-refractivity contribution in [3.8, 4) is 0 Å². The molecule has 1 fully saturated rings. The van der Waals surface area contributed by atoms with E-state index in [0.717, 1.165) is 5.56 Å². The van der Waals surface area contributed by atoms with Gasteiger partial charge in [-0.05, 0) is 30.7 Å². The van der Waals surface area contributed by atoms with Crippen molar-refractivity contribution in [3.63, 3.8) is 0 Å². The average Bonchev–Trinajstić information content (AvgIpc) is 2.98. The summed E-state index contributed by atoms with van der Waals surface area (Å²) in [5, 5.41) is 3.30. The first-order valence-electron chi connectivity index (χ1n) is 9.08. The Kier molecular flexibility index (Phi) is 6.21. The number of piperazine rings is 1. The summed E-state index contributed by atoms with van der Waals surface area (Å²) in [5.41, 5.74) is 1.45. The van der Waals surface area contributed by atoms with E-state index in [0.29, 0.717) is 25.2 Å². The Morgan fingerprint density at radius 2 is 2.07 bits per heavy atom. The fraction of sp³-hybridized carbons (Fsp3) is 0.316. The molecule has 1 saturated heterocycles. The first-order chi connectivity index (χ1) is 13.5. The fourth-order valence-electron chi connectivity index (χ4n) is 3.56. The zero-order valence-electron chi connectivity index (χ0n) is 15.8. The van der Waals surface area contributed by atoms with E-state index in [2.05, 4.69) is 20.0 Å². The minimum absolute atomic E-state index is 0. The van der Waals surface area contributed by atoms with Gasteiger partial charge in [-0.1, -0.05) is 18.2 Å². The van der Waals surface area contributed by atoms with Gasteiger partial charge < -0.3 is 10.2 Å². The van der Waals surface area contributed by atoms with E-state index in [9.17, 15) is 13.2 Å². The summed E-state index contributed by atoms with van der Waals surface area (Å²) in [4.78, 5) is 23.7. The molecule has 4 rings (SSSR count). The Morgan fingerprint density at radius 3 is 2.83 bits per heavy atom. The van der Waals surface area contributed by atoms with Gasteiger partial charge in [0, 0.05) is 37.6 Å². The minimum atomic E-state index is -3.63. The van der Waals surface area contributed by atoms with Crippen LogP contribution in [0.2, 0.25) is 0 Å². The number of pyridine rings is 1. The van der Waals surface area contributed by atoms with Gasteiger partial charge >= 0.3 is 0 Å². The van der Waals surface area contributed by atoms with Crippen molar-refractivity contribution in [2.24, 2.45) is 4.99 Å². The molecule has 154 valence electrons. The van der Waals surface area contributed by atoms with Gasteiger partial charge in [0.15, 0.2) is 0 Å². The second-order valence-corrected chi connectivity index (χ2v) is 8.44. The lowest BCUT2D eigenvalue weighted by Gasteiger charge is -2.37. The van der Waals surface area contributed by atoms with Crippen molar-refractivity contribution < 1.29 is 13.2 Å². The van der Waals surface area contributed by atoms with Crippen LogP contribution >= 0.6 is 12.4 Å². The average molecular weight is 436 g/mol. The highest BCUT2D eigenvalue weighted by Crippen LogP contribution is 2.25. The largest absolute Gasteiger partial charge is 0.331 e. The number of benzene rings is 1. The van der Waals surface area contributed by atoms with E-state index in [1.165, 1.54) is 6.07 Å². The maximum atomic E-state index is 13.1. The molecule has 3 heterocycles. The molecule has 0 saturated carbocycles. The van der Waals surface area contributed by atoms with Crippen molar-refractivity contribution in [1.29, 1.82) is 0 Å². The molecule has 2 aromatic rings. The standard InChI is InChI=1S/C19H21N5O3S.ClH/c1-13(22-18-15-6-2-3-7-17(15)28(26,27)23-18)19(25)24-10-9-21-12-16(24)14-5-4-8-20-11-14;/h2-8,11,13,16,21H,9-10,12H2,1H3,(H,22,23);1H. The van der Waals surface area contributed by atoms with Gasteiger partial charge in [0.25, 0.3) is 10.0 Å². The Hall–Kier alpha value is -2.49. The molecular formula is C19H22ClN5O3S. The Labute approximate surface area is 175 Å². The topological polar surface area (TPSA) is 104 Å². The molecule has 2 N–H and O–H groups in total. The lowest BCUT2D eigenvalue weighted by molar-refractivity contribution is -0.135. The second kappa shape index (κ2) is 8.48. The van der Waals surface area contributed by atoms with Gasteiger partial charge in [0.2, 0.25) is 5.91 Å². The molecule has 10 heteroatoms. The van der Waals surface area contributed by atoms with Gasteiger partial charge in [0.1, 0.15) is 11.9 Å². The van der Waals surface area contributed by atoms with Crippen LogP contribution in [0.15, 0.2) is 58.7 Å². The quantitative estimate of drug-likeness (QED) is 0.751. The first-order valence-corrected chi connectivity index (χ1v) is 10.6. The predicted molar refractivity (Wildman–Crippen MR) is 112 cm³/mol. The van der Waals surface area contributed by atoms with E-state index >= 15 is 0 Å². The monoisotopic (exact) mass is 435 g/mol. The number of carbonyl (C=O) groups excluding carboxylic acids is 1. The lowest BCUT2D eigenvalue weighted by atomic mass is 10.0. The third kappa shape index (κ3) is 4.12. The molecule has 0 radical (unpaired) electrons. The van der Waals surface area contributed by atoms with Crippen molar-refractivity contribution in [1.82, 2.24) is 19.9 Å². The number of amides is 1. The molecule has 2 unspecified atom stereocenters. The molecule has 1 aromatic carbocycles. The van der Waals surface area contributed by atoms with Crippen LogP contribution in [0.4, 0.5) is 0 Å². The van der Waals surface area contributed by atoms with Crippen LogP contribution in [0.5, 0.6) is 0 Å². The van der Waals surface area contributed by atoms with Gasteiger partial charge in [-0.15, -0.1) is 12.4 Å². The fourth-order valence-corrected chi connectivity index (χ4v) is 4.80. The highest BCUT2D eigenvalue weighted by atomic mass is 35.5. The third-order valence-electron chi connectivity index (χ3n) is 4.94. The number of halogens is 1. The summed E-state index contributed by atoms with van der Waals surface area (Å²) in [6.07, 6.45) is 3.46. The smallest absolute Gasteiger partial charge is 0.263 e. The van der Waals surface area contributed by atoms with Crippen molar-refractivity contribution >= 4 is 34.2 Å². The number of carbonyl (C=O) groups is 1. The molecule has 0 bridgehead atoms. The molecule has 0 aliphatic carbocycles. The number of amidine groups is 1. The Morgan fingerprint density at radius 1 is 1.28 bits per heavy atom. The summed E-state index contributed by atoms with van der Waals surface area (Å²) in [7, 11) is -3.63. The summed E-state index contributed by atoms with van der Waals surface area (Å²) in [6.45, 7) is 3.57. The highest BCUT2D eigenvalue weighted by Gasteiger charge is 2.34. The summed E-state index contributed by atoms with van der Waals surface area (Å²) < 4.78 is 27.0. The highest BCUT2D eigenvalue weighted by molar-refractivity contribution is 7.90. The number of aliphatic imine (C=N–C) groups is 1. The van der Waals surface area contributed by atoms with Crippen molar-refractivity contribution in [2.45, 2.75) is 23.9 Å². The lowest BCUT2D eigenvalue weighted by Crippen LogP contribution is -2.51. The Bertz CT molecular complexity index is 1030. The van der Waals surface area contributed by atoms with Gasteiger partial charge in [-0.25, -0.2) is 8.42 Å². The van der Waals surface area contributed by atoms with E-state index < -0.39 is 16.1 Å². The van der Waals surface area contributed by atoms with E-state index in [4.69, 9.17) is 0 Å². The maximum Gasteiger partial charge on any atom is 0.263 e. The molecule has 2 atom stereocenters. The van der Waals surface area contributed by atoms with Crippen LogP contribution < -0.4 is 10.0 Å². The third-order valence-corrected chi connectivity index (χ3v) is 6.34. The number of sulfonamides is 1. The molecule has 2 aliphatic heterocycles. The second-order valence-electron chi connectivity index (χ2n) is 6.79. The van der Waals surface area contributed by atoms with Crippen molar-refractivity contribution in [3.05, 3.63) is 59.9 Å². The first kappa shape index (κ1) is 21.2. The molecule has 1 amide bonds. The van der Waals surface area contributed by atoms with Crippen LogP contribution in [-0.4, -0.2) is 55.7 Å². The number of rotatable bonds is 3. The van der Waals surface area contributed by atoms with Crippen LogP contribution in [0, 0.1) is 0 Å². The molecule has 8 nitrogen and oxygen atoms in total. The number of nitrogens with one attached hydrogen (secondary N) is 2. The minimum Gasteiger partial charge on any atom is -0.331 e. The summed E-state index contributed by atoms with van der Waals surface area (Å²) in [5.74, 6) is 0.0657. The summed E-state index contributed by atoms with van der Waals surface area (Å²) in [6, 6.07) is 9.57. The Balaban J connectivity index is 0.00000240. The number of hydrogen-bond acceptors (Lipinski definition) is 6. The van der Waals surface area contributed by atoms with E-state index in [-0.39, 0.29) is 35.1 Å². The van der Waals surface area contributed by atoms with Gasteiger partial charge in [0.05, 0.1) is 10.9 Å². The van der Waals surface area contributed by atoms with Crippen LogP contribution in [0.25, 0.3) is 0 Å². The number of fused-ring (bicyclic) bond motifs is 1. The molecule has 1 aromatic heterocycles. The zero-order valence-corrected chi connectivity index (χ0v) is 17.4. The number of aromatic nitrogens is 1. The van der Waals surface area contributed by atoms with Crippen LogP contribution in [0.1, 0.15) is 24.1 Å². The van der Waals surface area contributed by atoms with Crippen molar-refractivity contribution in [2.75, 3.05) is 19.6 Å². The van der Waals surface area contributed by atoms with E-state index in [1.54, 1.807) is 42.4 Å². The van der Waals surface area contributed by atoms with Crippen LogP contribution in [0.3, 0.4) is 0 Å². The molecule has 0 spiro atoms. The number of hydrogen-bond donors (Lipinski definition) is 2. The SMILES string of the molecule is CC(N=C1NS(=O)(=O)c2ccccc21)C(=O)N1CCNCC1c1cccnc1.Cl. The number of nitrogens with zero attached hydrogens (tertiary/aromatic N) is 3. The van der Waals surface area contributed by atoms with E-state index in [1.807, 2.05) is 12.1 Å². The molecular weight excluding hydrogens is 414 g/mol. The summed E-state index contributed by atoms with van der Waals surface area (Å²) >= 11 is 0. The normalized spacial score (nSPS) is 22.3. The van der Waals surface area contributed by atoms with Gasteiger partial charge in [-0.2, -0.15) is 0 Å².